The molecule has 0 unspecified atom stereocenters. The molecule has 0 atom stereocenters. The van der Waals surface area contributed by atoms with Crippen molar-refractivity contribution < 1.29 is 24.2 Å². The Morgan fingerprint density at radius 3 is 2.70 bits per heavy atom. The number of carbonyl (C=O) groups excluding carboxylic acids is 2. The maximum Gasteiger partial charge on any atom is 0.331 e. The number of ether oxygens (including phenoxy) is 2. The Balaban J connectivity index is 1.90. The molecular weight excluding hydrogens is 316 g/mol. The first kappa shape index (κ1) is 16.8. The summed E-state index contributed by atoms with van der Waals surface area (Å²) in [6, 6.07) is 8.24. The molecule has 6 heteroatoms. The first-order chi connectivity index (χ1) is 11.0. The van der Waals surface area contributed by atoms with Crippen LogP contribution in [0.25, 0.3) is 6.08 Å². The number of aromatic hydroxyl groups is 1. The SMILES string of the molecule is COc1cc(/C=C/C(=O)OCC(=O)c2ccc(C)s2)ccc1O. The van der Waals surface area contributed by atoms with Crippen LogP contribution in [-0.2, 0) is 9.53 Å². The van der Waals surface area contributed by atoms with E-state index < -0.39 is 5.97 Å². The van der Waals surface area contributed by atoms with Crippen LogP contribution in [0.1, 0.15) is 20.1 Å². The molecule has 0 amide bonds. The lowest BCUT2D eigenvalue weighted by Gasteiger charge is -2.03. The largest absolute Gasteiger partial charge is 0.504 e. The second kappa shape index (κ2) is 7.60. The number of methoxy groups -OCH3 is 1. The van der Waals surface area contributed by atoms with E-state index in [0.717, 1.165) is 4.88 Å². The highest BCUT2D eigenvalue weighted by Crippen LogP contribution is 2.26. The summed E-state index contributed by atoms with van der Waals surface area (Å²) in [6.07, 6.45) is 2.74. The Labute approximate surface area is 137 Å². The van der Waals surface area contributed by atoms with Crippen molar-refractivity contribution in [1.82, 2.24) is 0 Å². The molecule has 0 spiro atoms. The fraction of sp³-hybridized carbons (Fsp3) is 0.176. The lowest BCUT2D eigenvalue weighted by atomic mass is 10.2. The molecule has 1 N–H and O–H groups in total. The zero-order valence-electron chi connectivity index (χ0n) is 12.7. The van der Waals surface area contributed by atoms with E-state index in [1.54, 1.807) is 18.2 Å². The zero-order chi connectivity index (χ0) is 16.8. The number of esters is 1. The van der Waals surface area contributed by atoms with Crippen molar-refractivity contribution in [2.45, 2.75) is 6.92 Å². The molecule has 1 aromatic carbocycles. The molecule has 0 aliphatic rings. The summed E-state index contributed by atoms with van der Waals surface area (Å²) in [5.74, 6) is -0.511. The third kappa shape index (κ3) is 4.69. The van der Waals surface area contributed by atoms with Crippen molar-refractivity contribution in [1.29, 1.82) is 0 Å². The molecule has 23 heavy (non-hydrogen) atoms. The molecule has 0 saturated heterocycles. The predicted molar refractivity (Wildman–Crippen MR) is 88.0 cm³/mol. The molecule has 1 aromatic heterocycles. The van der Waals surface area contributed by atoms with Gasteiger partial charge in [0.15, 0.2) is 18.1 Å². The second-order valence-corrected chi connectivity index (χ2v) is 5.99. The normalized spacial score (nSPS) is 10.7. The van der Waals surface area contributed by atoms with Crippen LogP contribution in [0.4, 0.5) is 0 Å². The summed E-state index contributed by atoms with van der Waals surface area (Å²) in [5.41, 5.74) is 0.664. The van der Waals surface area contributed by atoms with E-state index in [-0.39, 0.29) is 18.1 Å². The van der Waals surface area contributed by atoms with Crippen LogP contribution in [0, 0.1) is 6.92 Å². The Kier molecular flexibility index (Phi) is 5.54. The summed E-state index contributed by atoms with van der Waals surface area (Å²) < 4.78 is 9.90. The number of aryl methyl sites for hydroxylation is 1. The Bertz CT molecular complexity index is 745. The maximum absolute atomic E-state index is 11.8. The van der Waals surface area contributed by atoms with Crippen molar-refractivity contribution in [3.63, 3.8) is 0 Å². The van der Waals surface area contributed by atoms with Crippen LogP contribution in [0.3, 0.4) is 0 Å². The Morgan fingerprint density at radius 1 is 1.26 bits per heavy atom. The summed E-state index contributed by atoms with van der Waals surface area (Å²) >= 11 is 1.37. The summed E-state index contributed by atoms with van der Waals surface area (Å²) in [6.45, 7) is 1.62. The van der Waals surface area contributed by atoms with Crippen molar-refractivity contribution in [3.8, 4) is 11.5 Å². The monoisotopic (exact) mass is 332 g/mol. The van der Waals surface area contributed by atoms with Gasteiger partial charge in [-0.2, -0.15) is 0 Å². The van der Waals surface area contributed by atoms with Gasteiger partial charge in [-0.1, -0.05) is 6.07 Å². The number of phenols is 1. The molecule has 5 nitrogen and oxygen atoms in total. The van der Waals surface area contributed by atoms with E-state index in [2.05, 4.69) is 0 Å². The highest BCUT2D eigenvalue weighted by Gasteiger charge is 2.10. The van der Waals surface area contributed by atoms with Gasteiger partial charge in [0.25, 0.3) is 0 Å². The number of hydrogen-bond donors (Lipinski definition) is 1. The number of carbonyl (C=O) groups is 2. The molecular formula is C17H16O5S. The minimum absolute atomic E-state index is 0.0177. The highest BCUT2D eigenvalue weighted by atomic mass is 32.1. The first-order valence-electron chi connectivity index (χ1n) is 6.81. The van der Waals surface area contributed by atoms with Gasteiger partial charge in [-0.25, -0.2) is 4.79 Å². The molecule has 0 radical (unpaired) electrons. The molecule has 0 saturated carbocycles. The Hall–Kier alpha value is -2.60. The minimum atomic E-state index is -0.612. The van der Waals surface area contributed by atoms with Gasteiger partial charge in [-0.15, -0.1) is 11.3 Å². The van der Waals surface area contributed by atoms with Crippen LogP contribution in [0.5, 0.6) is 11.5 Å². The molecule has 0 aliphatic carbocycles. The molecule has 2 rings (SSSR count). The summed E-state index contributed by atoms with van der Waals surface area (Å²) in [4.78, 5) is 25.1. The molecule has 1 heterocycles. The predicted octanol–water partition coefficient (Wildman–Crippen LogP) is 3.21. The van der Waals surface area contributed by atoms with Crippen molar-refractivity contribution in [2.75, 3.05) is 13.7 Å². The number of Topliss-reactive ketones (excluding diaryl/α,β-unsaturated/α-hetero) is 1. The maximum atomic E-state index is 11.8. The number of benzene rings is 1. The van der Waals surface area contributed by atoms with Crippen LogP contribution < -0.4 is 4.74 Å². The van der Waals surface area contributed by atoms with Crippen molar-refractivity contribution in [2.24, 2.45) is 0 Å². The molecule has 2 aromatic rings. The van der Waals surface area contributed by atoms with Gasteiger partial charge in [-0.3, -0.25) is 4.79 Å². The smallest absolute Gasteiger partial charge is 0.331 e. The molecule has 0 fully saturated rings. The average Bonchev–Trinajstić information content (AvgIpc) is 2.98. The van der Waals surface area contributed by atoms with Gasteiger partial charge < -0.3 is 14.6 Å². The van der Waals surface area contributed by atoms with E-state index in [0.29, 0.717) is 16.2 Å². The number of rotatable bonds is 6. The van der Waals surface area contributed by atoms with Gasteiger partial charge >= 0.3 is 5.97 Å². The molecule has 120 valence electrons. The summed E-state index contributed by atoms with van der Waals surface area (Å²) in [5, 5.41) is 9.49. The Morgan fingerprint density at radius 2 is 2.04 bits per heavy atom. The van der Waals surface area contributed by atoms with Gasteiger partial charge in [0.05, 0.1) is 12.0 Å². The lowest BCUT2D eigenvalue weighted by Crippen LogP contribution is -2.11. The number of hydrogen-bond acceptors (Lipinski definition) is 6. The topological polar surface area (TPSA) is 72.8 Å². The fourth-order valence-corrected chi connectivity index (χ4v) is 2.59. The minimum Gasteiger partial charge on any atom is -0.504 e. The van der Waals surface area contributed by atoms with Crippen LogP contribution in [0.2, 0.25) is 0 Å². The van der Waals surface area contributed by atoms with Crippen LogP contribution in [0.15, 0.2) is 36.4 Å². The summed E-state index contributed by atoms with van der Waals surface area (Å²) in [7, 11) is 1.44. The number of thiophene rings is 1. The van der Waals surface area contributed by atoms with E-state index in [1.165, 1.54) is 36.7 Å². The lowest BCUT2D eigenvalue weighted by molar-refractivity contribution is -0.136. The van der Waals surface area contributed by atoms with E-state index in [9.17, 15) is 14.7 Å². The number of ketones is 1. The third-order valence-corrected chi connectivity index (χ3v) is 4.02. The standard InChI is InChI=1S/C17H16O5S/c1-11-3-7-16(23-11)14(19)10-22-17(20)8-5-12-4-6-13(18)15(9-12)21-2/h3-9,18H,10H2,1-2H3/b8-5+. The van der Waals surface area contributed by atoms with Gasteiger partial charge in [0.1, 0.15) is 0 Å². The quantitative estimate of drug-likeness (QED) is 0.499. The molecule has 0 aliphatic heterocycles. The van der Waals surface area contributed by atoms with E-state index in [1.807, 2.05) is 13.0 Å². The zero-order valence-corrected chi connectivity index (χ0v) is 13.6. The van der Waals surface area contributed by atoms with E-state index >= 15 is 0 Å². The van der Waals surface area contributed by atoms with E-state index in [4.69, 9.17) is 9.47 Å². The van der Waals surface area contributed by atoms with Gasteiger partial charge in [0, 0.05) is 11.0 Å². The highest BCUT2D eigenvalue weighted by molar-refractivity contribution is 7.14. The van der Waals surface area contributed by atoms with Gasteiger partial charge in [-0.05, 0) is 42.8 Å². The first-order valence-corrected chi connectivity index (χ1v) is 7.62. The van der Waals surface area contributed by atoms with Crippen LogP contribution >= 0.6 is 11.3 Å². The number of phenolic OH excluding ortho intramolecular Hbond substituents is 1. The third-order valence-electron chi connectivity index (χ3n) is 2.98. The van der Waals surface area contributed by atoms with Gasteiger partial charge in [0.2, 0.25) is 5.78 Å². The van der Waals surface area contributed by atoms with Crippen LogP contribution in [-0.4, -0.2) is 30.6 Å². The van der Waals surface area contributed by atoms with Crippen molar-refractivity contribution >= 4 is 29.2 Å². The fourth-order valence-electron chi connectivity index (χ4n) is 1.80. The average molecular weight is 332 g/mol. The molecule has 0 bridgehead atoms. The second-order valence-electron chi connectivity index (χ2n) is 4.71. The van der Waals surface area contributed by atoms with Crippen molar-refractivity contribution in [3.05, 3.63) is 51.7 Å².